The van der Waals surface area contributed by atoms with E-state index in [2.05, 4.69) is 140 Å². The quantitative estimate of drug-likeness (QED) is 0.194. The summed E-state index contributed by atoms with van der Waals surface area (Å²) in [4.78, 5) is 17.6. The van der Waals surface area contributed by atoms with Gasteiger partial charge in [-0.25, -0.2) is 0 Å². The van der Waals surface area contributed by atoms with E-state index in [1.807, 2.05) is 36.4 Å². The van der Waals surface area contributed by atoms with Gasteiger partial charge in [0.25, 0.3) is 0 Å². The Morgan fingerprint density at radius 1 is 0.674 bits per heavy atom. The molecule has 5 aromatic carbocycles. The first-order chi connectivity index (χ1) is 21.1. The molecule has 2 nitrogen and oxygen atoms in total. The van der Waals surface area contributed by atoms with Crippen LogP contribution in [0.1, 0.15) is 46.0 Å². The molecule has 2 aliphatic rings. The molecule has 0 bridgehead atoms. The van der Waals surface area contributed by atoms with Gasteiger partial charge in [0.15, 0.2) is 5.78 Å². The van der Waals surface area contributed by atoms with Gasteiger partial charge in [0.2, 0.25) is 0 Å². The lowest BCUT2D eigenvalue weighted by atomic mass is 9.52. The minimum absolute atomic E-state index is 0.132. The maximum absolute atomic E-state index is 15.2. The lowest BCUT2D eigenvalue weighted by Crippen LogP contribution is -2.63. The molecular formula is C41H35NO. The Labute approximate surface area is 254 Å². The second-order valence-electron chi connectivity index (χ2n) is 11.6. The van der Waals surface area contributed by atoms with Gasteiger partial charge in [-0.15, -0.1) is 0 Å². The van der Waals surface area contributed by atoms with Crippen LogP contribution in [0.15, 0.2) is 158 Å². The van der Waals surface area contributed by atoms with E-state index in [1.54, 1.807) is 0 Å². The fourth-order valence-corrected chi connectivity index (χ4v) is 7.91. The van der Waals surface area contributed by atoms with Gasteiger partial charge in [0.1, 0.15) is 0 Å². The number of allylic oxidation sites excluding steroid dienone is 2. The van der Waals surface area contributed by atoms with Gasteiger partial charge in [-0.3, -0.25) is 4.79 Å². The maximum Gasteiger partial charge on any atom is 0.173 e. The van der Waals surface area contributed by atoms with Crippen molar-refractivity contribution in [3.05, 3.63) is 186 Å². The molecule has 210 valence electrons. The van der Waals surface area contributed by atoms with E-state index < -0.39 is 16.9 Å². The number of likely N-dealkylation sites (N-methyl/N-ethyl adjacent to an activating group) is 1. The normalized spacial score (nSPS) is 22.6. The first-order valence-electron chi connectivity index (χ1n) is 15.2. The van der Waals surface area contributed by atoms with Gasteiger partial charge in [-0.1, -0.05) is 146 Å². The number of hydrogen-bond donors (Lipinski definition) is 0. The Morgan fingerprint density at radius 2 is 1.21 bits per heavy atom. The average Bonchev–Trinajstić information content (AvgIpc) is 3.29. The lowest BCUT2D eigenvalue weighted by molar-refractivity contribution is 0.0885. The number of hydrogen-bond acceptors (Lipinski definition) is 2. The summed E-state index contributed by atoms with van der Waals surface area (Å²) in [5, 5.41) is 0. The summed E-state index contributed by atoms with van der Waals surface area (Å²) in [6.45, 7) is 2.28. The largest absolute Gasteiger partial charge is 0.363 e. The summed E-state index contributed by atoms with van der Waals surface area (Å²) in [7, 11) is 2.19. The SMILES string of the molecule is CC[C@]1(c2ccccc2)c2ccccc2N(C)[C@@]12C=C(c1ccccc1)C=C(c1ccccc1)[C@@H]2C(=O)c1ccccc1. The molecule has 1 spiro atoms. The predicted molar refractivity (Wildman–Crippen MR) is 178 cm³/mol. The minimum atomic E-state index is -0.745. The van der Waals surface area contributed by atoms with Gasteiger partial charge in [-0.05, 0) is 58.0 Å². The molecule has 0 unspecified atom stereocenters. The van der Waals surface area contributed by atoms with Crippen LogP contribution in [-0.4, -0.2) is 18.4 Å². The third kappa shape index (κ3) is 3.97. The molecule has 0 aromatic heterocycles. The van der Waals surface area contributed by atoms with E-state index in [4.69, 9.17) is 0 Å². The van der Waals surface area contributed by atoms with Crippen LogP contribution < -0.4 is 4.90 Å². The smallest absolute Gasteiger partial charge is 0.173 e. The van der Waals surface area contributed by atoms with Crippen molar-refractivity contribution in [3.63, 3.8) is 0 Å². The van der Waals surface area contributed by atoms with Crippen LogP contribution in [0, 0.1) is 5.92 Å². The number of nitrogens with zero attached hydrogens (tertiary/aromatic N) is 1. The van der Waals surface area contributed by atoms with Crippen molar-refractivity contribution >= 4 is 22.6 Å². The molecule has 1 aliphatic heterocycles. The fourth-order valence-electron chi connectivity index (χ4n) is 7.91. The summed E-state index contributed by atoms with van der Waals surface area (Å²) in [5.41, 5.74) is 7.50. The van der Waals surface area contributed by atoms with E-state index >= 15 is 4.79 Å². The van der Waals surface area contributed by atoms with Crippen LogP contribution in [0.2, 0.25) is 0 Å². The molecule has 0 saturated heterocycles. The Hall–Kier alpha value is -4.95. The van der Waals surface area contributed by atoms with Gasteiger partial charge in [-0.2, -0.15) is 0 Å². The van der Waals surface area contributed by atoms with Crippen molar-refractivity contribution in [2.24, 2.45) is 5.92 Å². The Balaban J connectivity index is 1.64. The van der Waals surface area contributed by atoms with Gasteiger partial charge in [0, 0.05) is 23.7 Å². The number of benzene rings is 5. The van der Waals surface area contributed by atoms with Crippen molar-refractivity contribution < 1.29 is 4.79 Å². The van der Waals surface area contributed by atoms with E-state index in [0.29, 0.717) is 0 Å². The first-order valence-corrected chi connectivity index (χ1v) is 15.2. The summed E-state index contributed by atoms with van der Waals surface area (Å²) in [6.07, 6.45) is 5.51. The van der Waals surface area contributed by atoms with Crippen LogP contribution in [0.4, 0.5) is 5.69 Å². The molecule has 2 heteroatoms. The standard InChI is InChI=1S/C41H35NO/c1-3-40(34-24-14-7-15-25-34)36-26-16-17-27-37(36)42(2)41(40)29-33(30-18-8-4-9-19-30)28-35(31-20-10-5-11-21-31)38(41)39(43)32-22-12-6-13-23-32/h4-29,38H,3H2,1-2H3/t38-,40+,41-/m1/s1. The molecule has 43 heavy (non-hydrogen) atoms. The third-order valence-corrected chi connectivity index (χ3v) is 9.73. The van der Waals surface area contributed by atoms with E-state index in [1.165, 1.54) is 11.1 Å². The van der Waals surface area contributed by atoms with Crippen LogP contribution in [0.25, 0.3) is 11.1 Å². The minimum Gasteiger partial charge on any atom is -0.363 e. The molecule has 3 atom stereocenters. The lowest BCUT2D eigenvalue weighted by Gasteiger charge is -2.54. The summed E-state index contributed by atoms with van der Waals surface area (Å²) >= 11 is 0. The zero-order chi connectivity index (χ0) is 29.4. The Kier molecular flexibility index (Phi) is 6.70. The van der Waals surface area contributed by atoms with Crippen LogP contribution in [0.3, 0.4) is 0 Å². The summed E-state index contributed by atoms with van der Waals surface area (Å²) in [5.74, 6) is -0.352. The molecule has 0 saturated carbocycles. The second-order valence-corrected chi connectivity index (χ2v) is 11.6. The molecule has 0 amide bonds. The average molecular weight is 558 g/mol. The van der Waals surface area contributed by atoms with Crippen molar-refractivity contribution in [3.8, 4) is 0 Å². The molecule has 5 aromatic rings. The Morgan fingerprint density at radius 3 is 1.84 bits per heavy atom. The third-order valence-electron chi connectivity index (χ3n) is 9.73. The number of anilines is 1. The molecule has 0 N–H and O–H groups in total. The zero-order valence-corrected chi connectivity index (χ0v) is 24.7. The van der Waals surface area contributed by atoms with Gasteiger partial charge in [0.05, 0.1) is 11.5 Å². The van der Waals surface area contributed by atoms with Crippen molar-refractivity contribution in [2.45, 2.75) is 24.3 Å². The molecule has 7 rings (SSSR count). The number of fused-ring (bicyclic) bond motifs is 1. The summed E-state index contributed by atoms with van der Waals surface area (Å²) < 4.78 is 0. The van der Waals surface area contributed by atoms with E-state index in [0.717, 1.165) is 39.9 Å². The van der Waals surface area contributed by atoms with E-state index in [-0.39, 0.29) is 5.78 Å². The topological polar surface area (TPSA) is 20.3 Å². The van der Waals surface area contributed by atoms with Crippen LogP contribution >= 0.6 is 0 Å². The highest BCUT2D eigenvalue weighted by Crippen LogP contribution is 2.64. The van der Waals surface area contributed by atoms with Crippen LogP contribution in [-0.2, 0) is 5.41 Å². The molecule has 0 fully saturated rings. The van der Waals surface area contributed by atoms with E-state index in [9.17, 15) is 0 Å². The van der Waals surface area contributed by atoms with Gasteiger partial charge < -0.3 is 4.90 Å². The van der Waals surface area contributed by atoms with Crippen LogP contribution in [0.5, 0.6) is 0 Å². The molecule has 1 heterocycles. The summed E-state index contributed by atoms with van der Waals surface area (Å²) in [6, 6.07) is 50.6. The molecule has 1 aliphatic carbocycles. The number of carbonyl (C=O) groups excluding carboxylic acids is 1. The molecular weight excluding hydrogens is 522 g/mol. The maximum atomic E-state index is 15.2. The van der Waals surface area contributed by atoms with Gasteiger partial charge >= 0.3 is 0 Å². The second kappa shape index (κ2) is 10.7. The first kappa shape index (κ1) is 26.9. The number of carbonyl (C=O) groups is 1. The number of Topliss-reactive ketones (excluding diaryl/α,β-unsaturated/α-hetero) is 1. The number of rotatable bonds is 6. The predicted octanol–water partition coefficient (Wildman–Crippen LogP) is 9.25. The van der Waals surface area contributed by atoms with Crippen molar-refractivity contribution in [1.82, 2.24) is 0 Å². The number of para-hydroxylation sites is 1. The highest BCUT2D eigenvalue weighted by molar-refractivity contribution is 6.10. The highest BCUT2D eigenvalue weighted by Gasteiger charge is 2.66. The molecule has 0 radical (unpaired) electrons. The fraction of sp³-hybridized carbons (Fsp3) is 0.146. The number of ketones is 1. The highest BCUT2D eigenvalue weighted by atomic mass is 16.1. The monoisotopic (exact) mass is 557 g/mol. The Bertz CT molecular complexity index is 1820. The van der Waals surface area contributed by atoms with Crippen molar-refractivity contribution in [1.29, 1.82) is 0 Å². The zero-order valence-electron chi connectivity index (χ0n) is 24.7. The van der Waals surface area contributed by atoms with Crippen molar-refractivity contribution in [2.75, 3.05) is 11.9 Å².